The van der Waals surface area contributed by atoms with Crippen LogP contribution in [0, 0.1) is 11.8 Å². The maximum atomic E-state index is 10.2. The Morgan fingerprint density at radius 2 is 1.55 bits per heavy atom. The molecular formula is C24H25N3O2. The summed E-state index contributed by atoms with van der Waals surface area (Å²) in [4.78, 5) is 7.86. The van der Waals surface area contributed by atoms with Gasteiger partial charge in [-0.3, -0.25) is 5.32 Å². The maximum Gasteiger partial charge on any atom is 0.134 e. The van der Waals surface area contributed by atoms with Crippen molar-refractivity contribution in [3.63, 3.8) is 0 Å². The van der Waals surface area contributed by atoms with Crippen molar-refractivity contribution in [3.8, 4) is 17.6 Å². The number of ether oxygens (including phenoxy) is 1. The van der Waals surface area contributed by atoms with Crippen LogP contribution in [-0.2, 0) is 6.42 Å². The SMILES string of the molecule is CCOc1ccc(C#Cc2ccc(CC(C)NC(O)c3cncnc3)cc2)cc1. The Labute approximate surface area is 171 Å². The van der Waals surface area contributed by atoms with E-state index in [1.807, 2.05) is 50.2 Å². The molecule has 0 bridgehead atoms. The molecule has 0 aliphatic rings. The van der Waals surface area contributed by atoms with Gasteiger partial charge in [-0.15, -0.1) is 0 Å². The van der Waals surface area contributed by atoms with Crippen molar-refractivity contribution < 1.29 is 9.84 Å². The van der Waals surface area contributed by atoms with E-state index in [1.54, 1.807) is 12.4 Å². The van der Waals surface area contributed by atoms with Gasteiger partial charge in [-0.1, -0.05) is 24.0 Å². The normalized spacial score (nSPS) is 12.5. The van der Waals surface area contributed by atoms with E-state index < -0.39 is 6.23 Å². The Morgan fingerprint density at radius 3 is 2.14 bits per heavy atom. The first-order valence-electron chi connectivity index (χ1n) is 9.67. The fourth-order valence-electron chi connectivity index (χ4n) is 2.90. The highest BCUT2D eigenvalue weighted by molar-refractivity contribution is 5.44. The van der Waals surface area contributed by atoms with Crippen molar-refractivity contribution in [2.75, 3.05) is 6.61 Å². The molecule has 2 aromatic carbocycles. The third-order valence-electron chi connectivity index (χ3n) is 4.35. The second-order valence-electron chi connectivity index (χ2n) is 6.75. The molecule has 0 saturated carbocycles. The van der Waals surface area contributed by atoms with Crippen LogP contribution in [0.15, 0.2) is 67.3 Å². The molecule has 1 aromatic heterocycles. The smallest absolute Gasteiger partial charge is 0.134 e. The molecule has 2 atom stereocenters. The molecule has 29 heavy (non-hydrogen) atoms. The van der Waals surface area contributed by atoms with Gasteiger partial charge in [-0.2, -0.15) is 0 Å². The summed E-state index contributed by atoms with van der Waals surface area (Å²) in [7, 11) is 0. The van der Waals surface area contributed by atoms with E-state index in [9.17, 15) is 5.11 Å². The number of nitrogens with one attached hydrogen (secondary N) is 1. The number of benzene rings is 2. The van der Waals surface area contributed by atoms with E-state index >= 15 is 0 Å². The van der Waals surface area contributed by atoms with E-state index in [0.717, 1.165) is 23.3 Å². The molecule has 5 heteroatoms. The minimum atomic E-state index is -0.787. The molecule has 0 fully saturated rings. The Morgan fingerprint density at radius 1 is 0.966 bits per heavy atom. The van der Waals surface area contributed by atoms with Crippen molar-refractivity contribution >= 4 is 0 Å². The summed E-state index contributed by atoms with van der Waals surface area (Å²) in [6.07, 6.45) is 4.66. The lowest BCUT2D eigenvalue weighted by molar-refractivity contribution is 0.125. The number of hydrogen-bond donors (Lipinski definition) is 2. The Kier molecular flexibility index (Phi) is 7.34. The standard InChI is InChI=1S/C24H25N3O2/c1-3-29-23-12-10-20(11-13-23)5-4-19-6-8-21(9-7-19)14-18(2)27-24(28)22-15-25-17-26-16-22/h6-13,15-18,24,27-28H,3,14H2,1-2H3. The molecule has 5 nitrogen and oxygen atoms in total. The van der Waals surface area contributed by atoms with Crippen molar-refractivity contribution in [2.45, 2.75) is 32.5 Å². The van der Waals surface area contributed by atoms with Crippen molar-refractivity contribution in [1.29, 1.82) is 0 Å². The zero-order valence-corrected chi connectivity index (χ0v) is 16.7. The fourth-order valence-corrected chi connectivity index (χ4v) is 2.90. The van der Waals surface area contributed by atoms with E-state index in [-0.39, 0.29) is 6.04 Å². The maximum absolute atomic E-state index is 10.2. The zero-order valence-electron chi connectivity index (χ0n) is 16.7. The largest absolute Gasteiger partial charge is 0.494 e. The van der Waals surface area contributed by atoms with Gasteiger partial charge in [-0.25, -0.2) is 9.97 Å². The first kappa shape index (κ1) is 20.5. The molecule has 1 heterocycles. The summed E-state index contributed by atoms with van der Waals surface area (Å²) >= 11 is 0. The highest BCUT2D eigenvalue weighted by atomic mass is 16.5. The summed E-state index contributed by atoms with van der Waals surface area (Å²) in [6, 6.07) is 16.0. The highest BCUT2D eigenvalue weighted by Gasteiger charge is 2.12. The molecular weight excluding hydrogens is 362 g/mol. The predicted molar refractivity (Wildman–Crippen MR) is 113 cm³/mol. The molecule has 3 rings (SSSR count). The summed E-state index contributed by atoms with van der Waals surface area (Å²) in [5.41, 5.74) is 3.74. The van der Waals surface area contributed by atoms with E-state index in [0.29, 0.717) is 12.2 Å². The number of hydrogen-bond acceptors (Lipinski definition) is 5. The fraction of sp³-hybridized carbons (Fsp3) is 0.250. The van der Waals surface area contributed by atoms with Gasteiger partial charge in [0.05, 0.1) is 6.61 Å². The third-order valence-corrected chi connectivity index (χ3v) is 4.35. The van der Waals surface area contributed by atoms with Crippen LogP contribution in [0.1, 0.15) is 42.3 Å². The first-order valence-corrected chi connectivity index (χ1v) is 9.67. The quantitative estimate of drug-likeness (QED) is 0.480. The Bertz CT molecular complexity index is 945. The minimum Gasteiger partial charge on any atom is -0.494 e. The van der Waals surface area contributed by atoms with Crippen LogP contribution >= 0.6 is 0 Å². The lowest BCUT2D eigenvalue weighted by atomic mass is 10.0. The Balaban J connectivity index is 1.55. The van der Waals surface area contributed by atoms with Gasteiger partial charge in [0, 0.05) is 35.1 Å². The lowest BCUT2D eigenvalue weighted by Crippen LogP contribution is -2.32. The number of nitrogens with zero attached hydrogens (tertiary/aromatic N) is 2. The van der Waals surface area contributed by atoms with Gasteiger partial charge < -0.3 is 9.84 Å². The molecule has 0 aliphatic heterocycles. The number of aromatic nitrogens is 2. The van der Waals surface area contributed by atoms with Crippen LogP contribution in [-0.4, -0.2) is 27.7 Å². The third kappa shape index (κ3) is 6.42. The van der Waals surface area contributed by atoms with E-state index in [4.69, 9.17) is 4.74 Å². The second kappa shape index (κ2) is 10.4. The Hall–Kier alpha value is -3.20. The number of aliphatic hydroxyl groups is 1. The van der Waals surface area contributed by atoms with Crippen LogP contribution in [0.25, 0.3) is 0 Å². The van der Waals surface area contributed by atoms with E-state index in [2.05, 4.69) is 39.3 Å². The molecule has 2 unspecified atom stereocenters. The average molecular weight is 387 g/mol. The van der Waals surface area contributed by atoms with Crippen LogP contribution < -0.4 is 10.1 Å². The average Bonchev–Trinajstić information content (AvgIpc) is 2.75. The van der Waals surface area contributed by atoms with Crippen LogP contribution in [0.3, 0.4) is 0 Å². The minimum absolute atomic E-state index is 0.0889. The summed E-state index contributed by atoms with van der Waals surface area (Å²) in [5.74, 6) is 7.21. The van der Waals surface area contributed by atoms with E-state index in [1.165, 1.54) is 11.9 Å². The summed E-state index contributed by atoms with van der Waals surface area (Å²) in [5, 5.41) is 13.4. The van der Waals surface area contributed by atoms with Crippen LogP contribution in [0.4, 0.5) is 0 Å². The molecule has 0 aliphatic carbocycles. The van der Waals surface area contributed by atoms with Gasteiger partial charge in [0.25, 0.3) is 0 Å². The van der Waals surface area contributed by atoms with Gasteiger partial charge in [0.1, 0.15) is 18.3 Å². The molecule has 148 valence electrons. The van der Waals surface area contributed by atoms with Crippen LogP contribution in [0.5, 0.6) is 5.75 Å². The number of rotatable bonds is 7. The molecule has 0 amide bonds. The molecule has 2 N–H and O–H groups in total. The second-order valence-corrected chi connectivity index (χ2v) is 6.75. The van der Waals surface area contributed by atoms with Gasteiger partial charge in [-0.05, 0) is 62.2 Å². The summed E-state index contributed by atoms with van der Waals surface area (Å²) in [6.45, 7) is 4.66. The monoisotopic (exact) mass is 387 g/mol. The van der Waals surface area contributed by atoms with Gasteiger partial charge in [0.15, 0.2) is 0 Å². The topological polar surface area (TPSA) is 67.3 Å². The van der Waals surface area contributed by atoms with Crippen molar-refractivity contribution in [2.24, 2.45) is 0 Å². The molecule has 0 radical (unpaired) electrons. The van der Waals surface area contributed by atoms with Crippen molar-refractivity contribution in [3.05, 3.63) is 89.5 Å². The molecule has 0 spiro atoms. The van der Waals surface area contributed by atoms with Crippen molar-refractivity contribution in [1.82, 2.24) is 15.3 Å². The molecule has 0 saturated heterocycles. The van der Waals surface area contributed by atoms with Gasteiger partial charge in [0.2, 0.25) is 0 Å². The summed E-state index contributed by atoms with van der Waals surface area (Å²) < 4.78 is 5.44. The predicted octanol–water partition coefficient (Wildman–Crippen LogP) is 3.49. The highest BCUT2D eigenvalue weighted by Crippen LogP contribution is 2.13. The first-order chi connectivity index (χ1) is 14.1. The van der Waals surface area contributed by atoms with Crippen LogP contribution in [0.2, 0.25) is 0 Å². The molecule has 3 aromatic rings. The van der Waals surface area contributed by atoms with Gasteiger partial charge >= 0.3 is 0 Å². The zero-order chi connectivity index (χ0) is 20.5. The lowest BCUT2D eigenvalue weighted by Gasteiger charge is -2.19. The number of aliphatic hydroxyl groups excluding tert-OH is 1.